The molecule has 0 atom stereocenters. The molecule has 1 saturated heterocycles. The zero-order valence-electron chi connectivity index (χ0n) is 16.4. The first-order valence-electron chi connectivity index (χ1n) is 9.44. The molecule has 1 aliphatic rings. The van der Waals surface area contributed by atoms with Gasteiger partial charge in [-0.1, -0.05) is 13.0 Å². The number of piperidine rings is 1. The fraction of sp³-hybridized carbons (Fsp3) is 0.333. The molecule has 1 aliphatic heterocycles. The van der Waals surface area contributed by atoms with Crippen molar-refractivity contribution in [2.75, 3.05) is 18.4 Å². The van der Waals surface area contributed by atoms with Crippen LogP contribution in [0.15, 0.2) is 47.4 Å². The Kier molecular flexibility index (Phi) is 6.04. The average molecular weight is 416 g/mol. The number of aryl methyl sites for hydroxylation is 1. The molecule has 0 bridgehead atoms. The van der Waals surface area contributed by atoms with E-state index in [0.717, 1.165) is 12.8 Å². The number of benzene rings is 2. The molecule has 1 fully saturated rings. The van der Waals surface area contributed by atoms with Crippen LogP contribution in [0.25, 0.3) is 0 Å². The molecule has 154 valence electrons. The SMILES string of the molecule is Cc1ccc(C(=O)Nc2ccc(C(=O)O)cc2)cc1S(=O)(=O)N1CCC(C)CC1. The van der Waals surface area contributed by atoms with Crippen molar-refractivity contribution < 1.29 is 23.1 Å². The summed E-state index contributed by atoms with van der Waals surface area (Å²) in [6.07, 6.45) is 1.65. The first-order valence-corrected chi connectivity index (χ1v) is 10.9. The standard InChI is InChI=1S/C21H24N2O5S/c1-14-9-11-23(12-10-14)29(27,28)19-13-17(4-3-15(19)2)20(24)22-18-7-5-16(6-8-18)21(25)26/h3-8,13-14H,9-12H2,1-2H3,(H,22,24)(H,25,26). The number of sulfonamides is 1. The van der Waals surface area contributed by atoms with Crippen molar-refractivity contribution in [2.45, 2.75) is 31.6 Å². The molecule has 2 N–H and O–H groups in total. The van der Waals surface area contributed by atoms with Gasteiger partial charge in [0.2, 0.25) is 10.0 Å². The van der Waals surface area contributed by atoms with Crippen LogP contribution >= 0.6 is 0 Å². The van der Waals surface area contributed by atoms with E-state index in [0.29, 0.717) is 30.3 Å². The molecule has 0 saturated carbocycles. The van der Waals surface area contributed by atoms with E-state index in [2.05, 4.69) is 12.2 Å². The highest BCUT2D eigenvalue weighted by atomic mass is 32.2. The third-order valence-corrected chi connectivity index (χ3v) is 7.24. The molecule has 0 unspecified atom stereocenters. The Morgan fingerprint density at radius 3 is 2.21 bits per heavy atom. The Bertz CT molecular complexity index is 1020. The van der Waals surface area contributed by atoms with Crippen LogP contribution in [0.3, 0.4) is 0 Å². The Hall–Kier alpha value is -2.71. The summed E-state index contributed by atoms with van der Waals surface area (Å²) in [5.41, 5.74) is 1.35. The van der Waals surface area contributed by atoms with Crippen molar-refractivity contribution in [1.29, 1.82) is 0 Å². The molecule has 2 aromatic rings. The number of carboxylic acid groups (broad SMARTS) is 1. The fourth-order valence-electron chi connectivity index (χ4n) is 3.28. The first-order chi connectivity index (χ1) is 13.7. The highest BCUT2D eigenvalue weighted by molar-refractivity contribution is 7.89. The number of hydrogen-bond acceptors (Lipinski definition) is 4. The van der Waals surface area contributed by atoms with E-state index >= 15 is 0 Å². The Balaban J connectivity index is 1.82. The molecule has 0 radical (unpaired) electrons. The van der Waals surface area contributed by atoms with E-state index in [-0.39, 0.29) is 16.0 Å². The van der Waals surface area contributed by atoms with E-state index in [4.69, 9.17) is 5.11 Å². The summed E-state index contributed by atoms with van der Waals surface area (Å²) in [5.74, 6) is -1.01. The first kappa shape index (κ1) is 21.0. The van der Waals surface area contributed by atoms with Gasteiger partial charge in [-0.2, -0.15) is 4.31 Å². The number of hydrogen-bond donors (Lipinski definition) is 2. The smallest absolute Gasteiger partial charge is 0.335 e. The normalized spacial score (nSPS) is 15.8. The van der Waals surface area contributed by atoms with Crippen molar-refractivity contribution in [3.63, 3.8) is 0 Å². The lowest BCUT2D eigenvalue weighted by molar-refractivity contribution is 0.0696. The molecule has 0 aromatic heterocycles. The number of carbonyl (C=O) groups excluding carboxylic acids is 1. The van der Waals surface area contributed by atoms with Crippen LogP contribution in [0.5, 0.6) is 0 Å². The van der Waals surface area contributed by atoms with Crippen molar-refractivity contribution in [1.82, 2.24) is 4.31 Å². The molecule has 7 nitrogen and oxygen atoms in total. The van der Waals surface area contributed by atoms with E-state index in [9.17, 15) is 18.0 Å². The summed E-state index contributed by atoms with van der Waals surface area (Å²) in [4.78, 5) is 23.7. The van der Waals surface area contributed by atoms with Crippen molar-refractivity contribution in [2.24, 2.45) is 5.92 Å². The minimum Gasteiger partial charge on any atom is -0.478 e. The van der Waals surface area contributed by atoms with E-state index in [1.807, 2.05) is 0 Å². The molecule has 29 heavy (non-hydrogen) atoms. The summed E-state index contributed by atoms with van der Waals surface area (Å²) in [5, 5.41) is 11.6. The minimum absolute atomic E-state index is 0.113. The third-order valence-electron chi connectivity index (χ3n) is 5.20. The summed E-state index contributed by atoms with van der Waals surface area (Å²) < 4.78 is 27.7. The monoisotopic (exact) mass is 416 g/mol. The summed E-state index contributed by atoms with van der Waals surface area (Å²) in [6.45, 7) is 4.79. The van der Waals surface area contributed by atoms with Crippen LogP contribution in [0.4, 0.5) is 5.69 Å². The largest absolute Gasteiger partial charge is 0.478 e. The molecule has 0 aliphatic carbocycles. The predicted molar refractivity (Wildman–Crippen MR) is 110 cm³/mol. The maximum absolute atomic E-state index is 13.1. The topological polar surface area (TPSA) is 104 Å². The second-order valence-corrected chi connectivity index (χ2v) is 9.31. The van der Waals surface area contributed by atoms with Crippen LogP contribution in [0, 0.1) is 12.8 Å². The highest BCUT2D eigenvalue weighted by Gasteiger charge is 2.29. The average Bonchev–Trinajstić information content (AvgIpc) is 2.69. The van der Waals surface area contributed by atoms with E-state index in [1.54, 1.807) is 19.1 Å². The number of anilines is 1. The molecule has 1 heterocycles. The number of carbonyl (C=O) groups is 2. The lowest BCUT2D eigenvalue weighted by Gasteiger charge is -2.30. The van der Waals surface area contributed by atoms with Crippen LogP contribution in [0.2, 0.25) is 0 Å². The van der Waals surface area contributed by atoms with E-state index in [1.165, 1.54) is 34.6 Å². The van der Waals surface area contributed by atoms with Gasteiger partial charge in [0.25, 0.3) is 5.91 Å². The number of nitrogens with zero attached hydrogens (tertiary/aromatic N) is 1. The van der Waals surface area contributed by atoms with Gasteiger partial charge >= 0.3 is 5.97 Å². The summed E-state index contributed by atoms with van der Waals surface area (Å²) in [6, 6.07) is 10.4. The molecule has 3 rings (SSSR count). The molecule has 1 amide bonds. The minimum atomic E-state index is -3.67. The van der Waals surface area contributed by atoms with Crippen LogP contribution in [-0.2, 0) is 10.0 Å². The zero-order chi connectivity index (χ0) is 21.2. The third kappa shape index (κ3) is 4.65. The highest BCUT2D eigenvalue weighted by Crippen LogP contribution is 2.26. The predicted octanol–water partition coefficient (Wildman–Crippen LogP) is 3.37. The van der Waals surface area contributed by atoms with Crippen molar-refractivity contribution in [3.05, 3.63) is 59.2 Å². The maximum atomic E-state index is 13.1. The van der Waals surface area contributed by atoms with Gasteiger partial charge in [-0.15, -0.1) is 0 Å². The lowest BCUT2D eigenvalue weighted by Crippen LogP contribution is -2.38. The Morgan fingerprint density at radius 2 is 1.62 bits per heavy atom. The Morgan fingerprint density at radius 1 is 1.03 bits per heavy atom. The van der Waals surface area contributed by atoms with Gasteiger partial charge in [0.15, 0.2) is 0 Å². The zero-order valence-corrected chi connectivity index (χ0v) is 17.2. The van der Waals surface area contributed by atoms with Gasteiger partial charge in [-0.25, -0.2) is 13.2 Å². The van der Waals surface area contributed by atoms with Crippen molar-refractivity contribution in [3.8, 4) is 0 Å². The van der Waals surface area contributed by atoms with Gasteiger partial charge in [0, 0.05) is 24.3 Å². The maximum Gasteiger partial charge on any atom is 0.335 e. The van der Waals surface area contributed by atoms with Crippen LogP contribution in [0.1, 0.15) is 46.0 Å². The van der Waals surface area contributed by atoms with Gasteiger partial charge in [-0.3, -0.25) is 4.79 Å². The van der Waals surface area contributed by atoms with Crippen LogP contribution in [-0.4, -0.2) is 42.8 Å². The van der Waals surface area contributed by atoms with Gasteiger partial charge in [0.05, 0.1) is 10.5 Å². The second-order valence-electron chi connectivity index (χ2n) is 7.40. The molecule has 0 spiro atoms. The quantitative estimate of drug-likeness (QED) is 0.778. The second kappa shape index (κ2) is 8.34. The lowest BCUT2D eigenvalue weighted by atomic mass is 10.0. The van der Waals surface area contributed by atoms with Gasteiger partial charge < -0.3 is 10.4 Å². The molecule has 8 heteroatoms. The summed E-state index contributed by atoms with van der Waals surface area (Å²) in [7, 11) is -3.67. The number of rotatable bonds is 5. The number of amides is 1. The van der Waals surface area contributed by atoms with Gasteiger partial charge in [0.1, 0.15) is 0 Å². The molecular formula is C21H24N2O5S. The van der Waals surface area contributed by atoms with Gasteiger partial charge in [-0.05, 0) is 67.6 Å². The number of aromatic carboxylic acids is 1. The number of nitrogens with one attached hydrogen (secondary N) is 1. The molecular weight excluding hydrogens is 392 g/mol. The van der Waals surface area contributed by atoms with E-state index < -0.39 is 21.9 Å². The fourth-order valence-corrected chi connectivity index (χ4v) is 5.00. The molecule has 2 aromatic carbocycles. The summed E-state index contributed by atoms with van der Waals surface area (Å²) >= 11 is 0. The van der Waals surface area contributed by atoms with Crippen LogP contribution < -0.4 is 5.32 Å². The number of carboxylic acids is 1. The van der Waals surface area contributed by atoms with Crippen molar-refractivity contribution >= 4 is 27.6 Å². The Labute approximate surface area is 170 Å².